The summed E-state index contributed by atoms with van der Waals surface area (Å²) in [6.45, 7) is 6.13. The van der Waals surface area contributed by atoms with Gasteiger partial charge < -0.3 is 10.6 Å². The number of amides is 1. The van der Waals surface area contributed by atoms with Crippen LogP contribution in [0.5, 0.6) is 0 Å². The van der Waals surface area contributed by atoms with Gasteiger partial charge in [-0.1, -0.05) is 0 Å². The fourth-order valence-corrected chi connectivity index (χ4v) is 3.05. The summed E-state index contributed by atoms with van der Waals surface area (Å²) in [6, 6.07) is 0.0258. The highest BCUT2D eigenvalue weighted by molar-refractivity contribution is 7.09. The van der Waals surface area contributed by atoms with E-state index in [-0.39, 0.29) is 36.8 Å². The summed E-state index contributed by atoms with van der Waals surface area (Å²) in [7, 11) is 0. The van der Waals surface area contributed by atoms with E-state index in [1.54, 1.807) is 11.3 Å². The molecule has 0 bridgehead atoms. The van der Waals surface area contributed by atoms with Gasteiger partial charge in [-0.3, -0.25) is 4.79 Å². The minimum absolute atomic E-state index is 0. The maximum Gasteiger partial charge on any atom is 0.220 e. The number of nitrogens with zero attached hydrogens (tertiary/aromatic N) is 1. The zero-order chi connectivity index (χ0) is 13.0. The van der Waals surface area contributed by atoms with Crippen LogP contribution in [0.4, 0.5) is 0 Å². The molecule has 0 aromatic carbocycles. The number of hydrogen-bond donors (Lipinski definition) is 2. The second-order valence-corrected chi connectivity index (χ2v) is 5.90. The van der Waals surface area contributed by atoms with E-state index in [2.05, 4.69) is 15.6 Å². The molecule has 1 fully saturated rings. The van der Waals surface area contributed by atoms with Crippen molar-refractivity contribution >= 4 is 42.1 Å². The Bertz CT molecular complexity index is 408. The van der Waals surface area contributed by atoms with Crippen molar-refractivity contribution in [1.29, 1.82) is 0 Å². The molecule has 2 atom stereocenters. The second kappa shape index (κ2) is 9.55. The molecular weight excluding hydrogens is 317 g/mol. The predicted octanol–water partition coefficient (Wildman–Crippen LogP) is 2.86. The molecule has 2 heterocycles. The van der Waals surface area contributed by atoms with Gasteiger partial charge in [0.25, 0.3) is 0 Å². The molecule has 1 aliphatic rings. The van der Waals surface area contributed by atoms with Crippen molar-refractivity contribution < 1.29 is 4.79 Å². The molecule has 0 aliphatic carbocycles. The van der Waals surface area contributed by atoms with Gasteiger partial charge in [0.1, 0.15) is 5.01 Å². The van der Waals surface area contributed by atoms with Crippen LogP contribution >= 0.6 is 36.2 Å². The van der Waals surface area contributed by atoms with Crippen molar-refractivity contribution in [3.05, 3.63) is 16.1 Å². The standard InChI is InChI=1S/C13H21N3OS.2ClH/c1-9-8-18-13(15-9)10(2)16-12(17)4-3-11-5-6-14-7-11;;/h8,10-11,14H,3-7H2,1-2H3,(H,16,17);2*1H. The van der Waals surface area contributed by atoms with Crippen molar-refractivity contribution in [2.24, 2.45) is 5.92 Å². The Morgan fingerprint density at radius 2 is 2.35 bits per heavy atom. The fraction of sp³-hybridized carbons (Fsp3) is 0.692. The molecule has 0 radical (unpaired) electrons. The molecule has 1 aromatic rings. The maximum atomic E-state index is 11.8. The summed E-state index contributed by atoms with van der Waals surface area (Å²) in [5, 5.41) is 9.35. The second-order valence-electron chi connectivity index (χ2n) is 5.01. The number of thiazole rings is 1. The Morgan fingerprint density at radius 1 is 1.60 bits per heavy atom. The molecule has 0 spiro atoms. The monoisotopic (exact) mass is 339 g/mol. The number of halogens is 2. The summed E-state index contributed by atoms with van der Waals surface area (Å²) in [6.07, 6.45) is 2.82. The Hall–Kier alpha value is -0.360. The molecule has 0 saturated carbocycles. The zero-order valence-electron chi connectivity index (χ0n) is 11.8. The van der Waals surface area contributed by atoms with E-state index < -0.39 is 0 Å². The molecule has 116 valence electrons. The lowest BCUT2D eigenvalue weighted by molar-refractivity contribution is -0.122. The van der Waals surface area contributed by atoms with E-state index in [4.69, 9.17) is 0 Å². The molecular formula is C13H23Cl2N3OS. The summed E-state index contributed by atoms with van der Waals surface area (Å²) in [5.41, 5.74) is 1.02. The molecule has 2 rings (SSSR count). The number of aromatic nitrogens is 1. The van der Waals surface area contributed by atoms with Crippen molar-refractivity contribution in [1.82, 2.24) is 15.6 Å². The Labute approximate surface area is 137 Å². The first-order valence-electron chi connectivity index (χ1n) is 6.57. The highest BCUT2D eigenvalue weighted by atomic mass is 35.5. The number of hydrogen-bond acceptors (Lipinski definition) is 4. The fourth-order valence-electron chi connectivity index (χ4n) is 2.24. The van der Waals surface area contributed by atoms with E-state index in [9.17, 15) is 4.79 Å². The summed E-state index contributed by atoms with van der Waals surface area (Å²) < 4.78 is 0. The lowest BCUT2D eigenvalue weighted by Crippen LogP contribution is -2.27. The van der Waals surface area contributed by atoms with Crippen LogP contribution in [0.3, 0.4) is 0 Å². The molecule has 1 amide bonds. The molecule has 1 saturated heterocycles. The van der Waals surface area contributed by atoms with Crippen LogP contribution in [0.25, 0.3) is 0 Å². The normalized spacial score (nSPS) is 18.8. The lowest BCUT2D eigenvalue weighted by Gasteiger charge is -2.12. The Morgan fingerprint density at radius 3 is 2.90 bits per heavy atom. The van der Waals surface area contributed by atoms with Crippen LogP contribution in [0, 0.1) is 12.8 Å². The van der Waals surface area contributed by atoms with Crippen LogP contribution in [0.1, 0.15) is 42.9 Å². The molecule has 1 aliphatic heterocycles. The molecule has 2 unspecified atom stereocenters. The van der Waals surface area contributed by atoms with E-state index in [0.717, 1.165) is 30.2 Å². The van der Waals surface area contributed by atoms with E-state index in [1.807, 2.05) is 19.2 Å². The molecule has 2 N–H and O–H groups in total. The lowest BCUT2D eigenvalue weighted by atomic mass is 10.0. The van der Waals surface area contributed by atoms with Gasteiger partial charge in [0.2, 0.25) is 5.91 Å². The summed E-state index contributed by atoms with van der Waals surface area (Å²) in [4.78, 5) is 16.2. The summed E-state index contributed by atoms with van der Waals surface area (Å²) in [5.74, 6) is 0.815. The Kier molecular flexibility index (Phi) is 9.38. The van der Waals surface area contributed by atoms with Gasteiger partial charge in [0.15, 0.2) is 0 Å². The van der Waals surface area contributed by atoms with Gasteiger partial charge in [-0.25, -0.2) is 4.98 Å². The number of carbonyl (C=O) groups is 1. The average molecular weight is 340 g/mol. The SMILES string of the molecule is Cc1csc(C(C)NC(=O)CCC2CCNC2)n1.Cl.Cl. The number of nitrogens with one attached hydrogen (secondary N) is 2. The first-order chi connectivity index (χ1) is 8.65. The first kappa shape index (κ1) is 19.6. The highest BCUT2D eigenvalue weighted by Crippen LogP contribution is 2.18. The highest BCUT2D eigenvalue weighted by Gasteiger charge is 2.17. The Balaban J connectivity index is 0.00000180. The predicted molar refractivity (Wildman–Crippen MR) is 88.1 cm³/mol. The van der Waals surface area contributed by atoms with Gasteiger partial charge in [-0.05, 0) is 45.7 Å². The van der Waals surface area contributed by atoms with Crippen LogP contribution < -0.4 is 10.6 Å². The van der Waals surface area contributed by atoms with Crippen LogP contribution in [-0.4, -0.2) is 24.0 Å². The van der Waals surface area contributed by atoms with Crippen molar-refractivity contribution in [2.75, 3.05) is 13.1 Å². The van der Waals surface area contributed by atoms with E-state index >= 15 is 0 Å². The number of rotatable bonds is 5. The average Bonchev–Trinajstić information content (AvgIpc) is 2.97. The first-order valence-corrected chi connectivity index (χ1v) is 7.45. The quantitative estimate of drug-likeness (QED) is 0.867. The maximum absolute atomic E-state index is 11.8. The minimum atomic E-state index is 0. The number of aryl methyl sites for hydroxylation is 1. The third-order valence-corrected chi connectivity index (χ3v) is 4.47. The topological polar surface area (TPSA) is 54.0 Å². The van der Waals surface area contributed by atoms with Crippen LogP contribution in [0.15, 0.2) is 5.38 Å². The van der Waals surface area contributed by atoms with Gasteiger partial charge >= 0.3 is 0 Å². The van der Waals surface area contributed by atoms with Gasteiger partial charge in [0.05, 0.1) is 6.04 Å². The smallest absolute Gasteiger partial charge is 0.220 e. The van der Waals surface area contributed by atoms with Crippen LogP contribution in [-0.2, 0) is 4.79 Å². The molecule has 1 aromatic heterocycles. The van der Waals surface area contributed by atoms with E-state index in [0.29, 0.717) is 12.3 Å². The molecule has 7 heteroatoms. The van der Waals surface area contributed by atoms with Crippen molar-refractivity contribution in [3.8, 4) is 0 Å². The van der Waals surface area contributed by atoms with Crippen LogP contribution in [0.2, 0.25) is 0 Å². The van der Waals surface area contributed by atoms with Gasteiger partial charge in [-0.2, -0.15) is 0 Å². The largest absolute Gasteiger partial charge is 0.347 e. The van der Waals surface area contributed by atoms with Gasteiger partial charge in [0, 0.05) is 17.5 Å². The third kappa shape index (κ3) is 5.95. The molecule has 4 nitrogen and oxygen atoms in total. The van der Waals surface area contributed by atoms with E-state index in [1.165, 1.54) is 6.42 Å². The van der Waals surface area contributed by atoms with Crippen molar-refractivity contribution in [3.63, 3.8) is 0 Å². The van der Waals surface area contributed by atoms with Crippen molar-refractivity contribution in [2.45, 2.75) is 39.2 Å². The van der Waals surface area contributed by atoms with Gasteiger partial charge in [-0.15, -0.1) is 36.2 Å². The number of carbonyl (C=O) groups excluding carboxylic acids is 1. The summed E-state index contributed by atoms with van der Waals surface area (Å²) >= 11 is 1.61. The molecule has 20 heavy (non-hydrogen) atoms. The minimum Gasteiger partial charge on any atom is -0.347 e. The zero-order valence-corrected chi connectivity index (χ0v) is 14.3. The third-order valence-electron chi connectivity index (χ3n) is 3.33.